The van der Waals surface area contributed by atoms with Crippen LogP contribution in [0.2, 0.25) is 0 Å². The molecule has 0 spiro atoms. The minimum Gasteiger partial charge on any atom is -0.493 e. The normalized spacial score (nSPS) is 24.6. The lowest BCUT2D eigenvalue weighted by Gasteiger charge is -2.42. The maximum atomic E-state index is 11.8. The summed E-state index contributed by atoms with van der Waals surface area (Å²) in [6.07, 6.45) is 4.44. The van der Waals surface area contributed by atoms with Gasteiger partial charge in [0.25, 0.3) is 0 Å². The number of nitrogens with zero attached hydrogens (tertiary/aromatic N) is 2. The van der Waals surface area contributed by atoms with Crippen molar-refractivity contribution in [2.24, 2.45) is 4.99 Å². The fourth-order valence-corrected chi connectivity index (χ4v) is 4.95. The van der Waals surface area contributed by atoms with E-state index in [0.717, 1.165) is 49.4 Å². The van der Waals surface area contributed by atoms with Crippen LogP contribution in [0.3, 0.4) is 0 Å². The molecule has 8 heteroatoms. The van der Waals surface area contributed by atoms with E-state index >= 15 is 0 Å². The van der Waals surface area contributed by atoms with Gasteiger partial charge in [-0.3, -0.25) is 14.6 Å². The summed E-state index contributed by atoms with van der Waals surface area (Å²) in [7, 11) is 5.48. The Balaban J connectivity index is 1.65. The summed E-state index contributed by atoms with van der Waals surface area (Å²) in [5.41, 5.74) is 2.47. The number of aliphatic imine (C=N–C) groups is 1. The largest absolute Gasteiger partial charge is 0.493 e. The van der Waals surface area contributed by atoms with Gasteiger partial charge in [-0.15, -0.1) is 0 Å². The van der Waals surface area contributed by atoms with Gasteiger partial charge >= 0.3 is 5.97 Å². The number of amides is 1. The molecule has 2 fully saturated rings. The van der Waals surface area contributed by atoms with Gasteiger partial charge in [-0.2, -0.15) is 0 Å². The van der Waals surface area contributed by atoms with E-state index in [9.17, 15) is 9.59 Å². The number of fused-ring (bicyclic) bond motifs is 1. The van der Waals surface area contributed by atoms with E-state index in [4.69, 9.17) is 14.6 Å². The lowest BCUT2D eigenvalue weighted by atomic mass is 9.65. The molecule has 3 rings (SSSR count). The van der Waals surface area contributed by atoms with Crippen molar-refractivity contribution in [3.05, 3.63) is 23.8 Å². The number of methoxy groups -OCH3 is 2. The van der Waals surface area contributed by atoms with Gasteiger partial charge < -0.3 is 24.8 Å². The maximum Gasteiger partial charge on any atom is 0.303 e. The Labute approximate surface area is 183 Å². The van der Waals surface area contributed by atoms with Gasteiger partial charge in [0.05, 0.1) is 14.2 Å². The zero-order valence-corrected chi connectivity index (χ0v) is 18.6. The Hall–Kier alpha value is -2.61. The second-order valence-corrected chi connectivity index (χ2v) is 8.41. The van der Waals surface area contributed by atoms with Gasteiger partial charge in [0, 0.05) is 36.4 Å². The molecule has 0 aromatic heterocycles. The summed E-state index contributed by atoms with van der Waals surface area (Å²) < 4.78 is 10.9. The molecule has 31 heavy (non-hydrogen) atoms. The van der Waals surface area contributed by atoms with E-state index in [1.165, 1.54) is 5.56 Å². The molecule has 2 N–H and O–H groups in total. The van der Waals surface area contributed by atoms with Crippen molar-refractivity contribution in [2.45, 2.75) is 56.4 Å². The number of rotatable bonds is 9. The Bertz CT molecular complexity index is 841. The number of likely N-dealkylation sites (N-methyl/N-ethyl adjacent to an activating group) is 1. The predicted octanol–water partition coefficient (Wildman–Crippen LogP) is 2.60. The quantitative estimate of drug-likeness (QED) is 0.623. The monoisotopic (exact) mass is 431 g/mol. The number of benzene rings is 1. The number of hydrogen-bond donors (Lipinski definition) is 2. The molecule has 2 aliphatic rings. The van der Waals surface area contributed by atoms with Crippen molar-refractivity contribution in [2.75, 3.05) is 34.5 Å². The fraction of sp³-hybridized carbons (Fsp3) is 0.609. The topological polar surface area (TPSA) is 100 Å². The number of hydrogen-bond acceptors (Lipinski definition) is 6. The Kier molecular flexibility index (Phi) is 7.54. The van der Waals surface area contributed by atoms with Gasteiger partial charge in [-0.25, -0.2) is 0 Å². The lowest BCUT2D eigenvalue weighted by molar-refractivity contribution is -0.137. The average Bonchev–Trinajstić information content (AvgIpc) is 3.10. The molecule has 0 radical (unpaired) electrons. The van der Waals surface area contributed by atoms with Crippen LogP contribution in [0.15, 0.2) is 23.2 Å². The summed E-state index contributed by atoms with van der Waals surface area (Å²) in [5, 5.41) is 11.4. The average molecular weight is 432 g/mol. The van der Waals surface area contributed by atoms with E-state index < -0.39 is 5.97 Å². The minimum absolute atomic E-state index is 0.00812. The SMILES string of the molecule is COc1ccc(C23CCC(=NCNC(=O)CCCC(=O)O)CC2N(C)CC3)cc1OC. The second kappa shape index (κ2) is 10.1. The number of carbonyl (C=O) groups excluding carboxylic acids is 1. The number of carbonyl (C=O) groups is 2. The highest BCUT2D eigenvalue weighted by atomic mass is 16.5. The number of ether oxygens (including phenoxy) is 2. The summed E-state index contributed by atoms with van der Waals surface area (Å²) in [6.45, 7) is 1.29. The molecule has 1 amide bonds. The van der Waals surface area contributed by atoms with Crippen LogP contribution in [0.25, 0.3) is 0 Å². The number of nitrogens with one attached hydrogen (secondary N) is 1. The van der Waals surface area contributed by atoms with Crippen molar-refractivity contribution >= 4 is 17.6 Å². The van der Waals surface area contributed by atoms with Gasteiger partial charge in [-0.05, 0) is 57.0 Å². The zero-order valence-electron chi connectivity index (χ0n) is 18.6. The maximum absolute atomic E-state index is 11.8. The van der Waals surface area contributed by atoms with Gasteiger partial charge in [0.1, 0.15) is 6.67 Å². The van der Waals surface area contributed by atoms with E-state index in [1.54, 1.807) is 14.2 Å². The van der Waals surface area contributed by atoms with Crippen LogP contribution in [0, 0.1) is 0 Å². The third-order valence-electron chi connectivity index (χ3n) is 6.70. The van der Waals surface area contributed by atoms with Crippen LogP contribution in [-0.4, -0.2) is 68.1 Å². The summed E-state index contributed by atoms with van der Waals surface area (Å²) in [5.74, 6) is 0.462. The number of carboxylic acid groups (broad SMARTS) is 1. The van der Waals surface area contributed by atoms with Crippen molar-refractivity contribution in [1.82, 2.24) is 10.2 Å². The summed E-state index contributed by atoms with van der Waals surface area (Å²) in [6, 6.07) is 6.61. The number of carboxylic acids is 1. The molecule has 1 aromatic rings. The van der Waals surface area contributed by atoms with E-state index in [1.807, 2.05) is 6.07 Å². The molecule has 8 nitrogen and oxygen atoms in total. The smallest absolute Gasteiger partial charge is 0.303 e. The molecule has 1 aromatic carbocycles. The van der Waals surface area contributed by atoms with Crippen molar-refractivity contribution in [1.29, 1.82) is 0 Å². The molecule has 1 aliphatic heterocycles. The standard InChI is InChI=1S/C23H33N3O5/c1-26-12-11-23(16-7-8-18(30-2)19(13-16)31-3)10-9-17(14-20(23)26)24-15-25-21(27)5-4-6-22(28)29/h7-8,13,20H,4-6,9-12,14-15H2,1-3H3,(H,25,27)(H,28,29). The highest BCUT2D eigenvalue weighted by Gasteiger charge is 2.49. The van der Waals surface area contributed by atoms with Gasteiger partial charge in [0.15, 0.2) is 11.5 Å². The van der Waals surface area contributed by atoms with Crippen LogP contribution in [0.1, 0.15) is 50.5 Å². The number of likely N-dealkylation sites (tertiary alicyclic amines) is 1. The van der Waals surface area contributed by atoms with Crippen LogP contribution in [0.5, 0.6) is 11.5 Å². The first-order chi connectivity index (χ1) is 14.9. The summed E-state index contributed by atoms with van der Waals surface area (Å²) in [4.78, 5) is 29.4. The highest BCUT2D eigenvalue weighted by Crippen LogP contribution is 2.49. The summed E-state index contributed by atoms with van der Waals surface area (Å²) >= 11 is 0. The molecule has 170 valence electrons. The van der Waals surface area contributed by atoms with Crippen molar-refractivity contribution in [3.8, 4) is 11.5 Å². The molecular weight excluding hydrogens is 398 g/mol. The molecule has 1 heterocycles. The highest BCUT2D eigenvalue weighted by molar-refractivity contribution is 5.87. The number of aliphatic carboxylic acids is 1. The van der Waals surface area contributed by atoms with Crippen LogP contribution in [0.4, 0.5) is 0 Å². The first-order valence-corrected chi connectivity index (χ1v) is 10.8. The molecule has 1 aliphatic carbocycles. The predicted molar refractivity (Wildman–Crippen MR) is 118 cm³/mol. The van der Waals surface area contributed by atoms with Crippen molar-refractivity contribution < 1.29 is 24.2 Å². The fourth-order valence-electron chi connectivity index (χ4n) is 4.95. The molecule has 2 unspecified atom stereocenters. The Morgan fingerprint density at radius 1 is 1.23 bits per heavy atom. The van der Waals surface area contributed by atoms with Crippen molar-refractivity contribution in [3.63, 3.8) is 0 Å². The van der Waals surface area contributed by atoms with E-state index in [2.05, 4.69) is 34.4 Å². The zero-order chi connectivity index (χ0) is 22.4. The Morgan fingerprint density at radius 3 is 2.71 bits per heavy atom. The second-order valence-electron chi connectivity index (χ2n) is 8.41. The van der Waals surface area contributed by atoms with Crippen LogP contribution < -0.4 is 14.8 Å². The first kappa shape index (κ1) is 23.1. The molecule has 2 atom stereocenters. The molecular formula is C23H33N3O5. The van der Waals surface area contributed by atoms with Crippen LogP contribution >= 0.6 is 0 Å². The third kappa shape index (κ3) is 5.18. The van der Waals surface area contributed by atoms with Crippen LogP contribution in [-0.2, 0) is 15.0 Å². The molecule has 1 saturated heterocycles. The van der Waals surface area contributed by atoms with E-state index in [-0.39, 0.29) is 30.8 Å². The molecule has 0 bridgehead atoms. The third-order valence-corrected chi connectivity index (χ3v) is 6.70. The van der Waals surface area contributed by atoms with Gasteiger partial charge in [0.2, 0.25) is 5.91 Å². The molecule has 1 saturated carbocycles. The lowest BCUT2D eigenvalue weighted by Crippen LogP contribution is -2.46. The minimum atomic E-state index is -0.881. The van der Waals surface area contributed by atoms with Gasteiger partial charge in [-0.1, -0.05) is 6.07 Å². The van der Waals surface area contributed by atoms with E-state index in [0.29, 0.717) is 12.5 Å². The Morgan fingerprint density at radius 2 is 2.00 bits per heavy atom. The first-order valence-electron chi connectivity index (χ1n) is 10.8.